The van der Waals surface area contributed by atoms with Gasteiger partial charge >= 0.3 is 0 Å². The highest BCUT2D eigenvalue weighted by Gasteiger charge is 2.16. The lowest BCUT2D eigenvalue weighted by atomic mass is 10.1. The number of nitrogens with zero attached hydrogens (tertiary/aromatic N) is 1. The monoisotopic (exact) mass is 335 g/mol. The Balaban J connectivity index is 1.96. The van der Waals surface area contributed by atoms with Crippen LogP contribution in [-0.4, -0.2) is 0 Å². The van der Waals surface area contributed by atoms with Crippen molar-refractivity contribution in [3.05, 3.63) is 89.3 Å². The molecule has 3 aromatic carbocycles. The van der Waals surface area contributed by atoms with Crippen LogP contribution in [0, 0.1) is 0 Å². The first-order valence-corrected chi connectivity index (χ1v) is 8.66. The van der Waals surface area contributed by atoms with E-state index in [9.17, 15) is 0 Å². The molecule has 0 amide bonds. The van der Waals surface area contributed by atoms with Gasteiger partial charge in [0.2, 0.25) is 0 Å². The van der Waals surface area contributed by atoms with Crippen LogP contribution in [-0.2, 0) is 0 Å². The average molecular weight is 336 g/mol. The van der Waals surface area contributed by atoms with E-state index in [0.29, 0.717) is 0 Å². The third-order valence-electron chi connectivity index (χ3n) is 3.78. The molecule has 0 saturated carbocycles. The molecule has 0 atom stereocenters. The second-order valence-corrected chi connectivity index (χ2v) is 6.62. The molecule has 3 heteroatoms. The first-order valence-electron chi connectivity index (χ1n) is 7.40. The first-order chi connectivity index (χ1) is 11.3. The van der Waals surface area contributed by atoms with E-state index in [4.69, 9.17) is 11.6 Å². The molecule has 4 aromatic rings. The fourth-order valence-electron chi connectivity index (χ4n) is 2.76. The molecule has 0 radical (unpaired) electrons. The van der Waals surface area contributed by atoms with Crippen LogP contribution in [0.2, 0.25) is 5.02 Å². The van der Waals surface area contributed by atoms with Crippen molar-refractivity contribution < 1.29 is 0 Å². The molecule has 1 heterocycles. The lowest BCUT2D eigenvalue weighted by molar-refractivity contribution is 1.31. The van der Waals surface area contributed by atoms with Gasteiger partial charge in [-0.2, -0.15) is 0 Å². The van der Waals surface area contributed by atoms with Crippen LogP contribution in [0.4, 0.5) is 17.1 Å². The van der Waals surface area contributed by atoms with Crippen molar-refractivity contribution in [2.24, 2.45) is 0 Å². The van der Waals surface area contributed by atoms with Crippen molar-refractivity contribution in [1.82, 2.24) is 0 Å². The SMILES string of the molecule is Clc1cccc(N(c2ccccc2)c2csc3ccccc23)c1. The van der Waals surface area contributed by atoms with Crippen LogP contribution < -0.4 is 4.90 Å². The molecule has 4 rings (SSSR count). The Kier molecular flexibility index (Phi) is 3.78. The van der Waals surface area contributed by atoms with E-state index < -0.39 is 0 Å². The second kappa shape index (κ2) is 6.07. The number of hydrogen-bond acceptors (Lipinski definition) is 2. The maximum absolute atomic E-state index is 6.23. The van der Waals surface area contributed by atoms with Gasteiger partial charge in [0.1, 0.15) is 0 Å². The molecule has 0 unspecified atom stereocenters. The largest absolute Gasteiger partial charge is 0.309 e. The number of fused-ring (bicyclic) bond motifs is 1. The van der Waals surface area contributed by atoms with E-state index in [1.54, 1.807) is 11.3 Å². The van der Waals surface area contributed by atoms with Gasteiger partial charge in [-0.05, 0) is 36.4 Å². The quantitative estimate of drug-likeness (QED) is 0.388. The second-order valence-electron chi connectivity index (χ2n) is 5.27. The van der Waals surface area contributed by atoms with Crippen LogP contribution >= 0.6 is 22.9 Å². The van der Waals surface area contributed by atoms with Gasteiger partial charge in [-0.1, -0.05) is 54.1 Å². The first kappa shape index (κ1) is 14.3. The minimum Gasteiger partial charge on any atom is -0.309 e. The lowest BCUT2D eigenvalue weighted by Gasteiger charge is -2.25. The molecule has 0 fully saturated rings. The van der Waals surface area contributed by atoms with Gasteiger partial charge in [-0.3, -0.25) is 0 Å². The van der Waals surface area contributed by atoms with Gasteiger partial charge < -0.3 is 4.90 Å². The molecule has 0 spiro atoms. The summed E-state index contributed by atoms with van der Waals surface area (Å²) in [6.45, 7) is 0. The maximum atomic E-state index is 6.23. The zero-order chi connectivity index (χ0) is 15.6. The average Bonchev–Trinajstić information content (AvgIpc) is 3.00. The Morgan fingerprint density at radius 2 is 1.48 bits per heavy atom. The van der Waals surface area contributed by atoms with E-state index in [-0.39, 0.29) is 0 Å². The standard InChI is InChI=1S/C20H14ClNS/c21-15-7-6-10-17(13-15)22(16-8-2-1-3-9-16)19-14-23-20-12-5-4-11-18(19)20/h1-14H. The van der Waals surface area contributed by atoms with Crippen LogP contribution in [0.15, 0.2) is 84.2 Å². The van der Waals surface area contributed by atoms with Gasteiger partial charge in [0.25, 0.3) is 0 Å². The highest BCUT2D eigenvalue weighted by Crippen LogP contribution is 2.41. The number of anilines is 3. The predicted octanol–water partition coefficient (Wildman–Crippen LogP) is 7.02. The molecule has 0 aliphatic heterocycles. The summed E-state index contributed by atoms with van der Waals surface area (Å²) in [4.78, 5) is 2.25. The van der Waals surface area contributed by atoms with Crippen molar-refractivity contribution in [2.75, 3.05) is 4.90 Å². The van der Waals surface area contributed by atoms with Crippen LogP contribution in [0.5, 0.6) is 0 Å². The van der Waals surface area contributed by atoms with Crippen molar-refractivity contribution >= 4 is 50.1 Å². The van der Waals surface area contributed by atoms with Crippen molar-refractivity contribution in [3.63, 3.8) is 0 Å². The Hall–Kier alpha value is -2.29. The zero-order valence-electron chi connectivity index (χ0n) is 12.3. The molecule has 1 nitrogen and oxygen atoms in total. The number of benzene rings is 3. The summed E-state index contributed by atoms with van der Waals surface area (Å²) in [7, 11) is 0. The van der Waals surface area contributed by atoms with Gasteiger partial charge in [0, 0.05) is 31.9 Å². The van der Waals surface area contributed by atoms with Crippen LogP contribution in [0.25, 0.3) is 10.1 Å². The molecule has 23 heavy (non-hydrogen) atoms. The summed E-state index contributed by atoms with van der Waals surface area (Å²) in [5.74, 6) is 0. The van der Waals surface area contributed by atoms with Gasteiger partial charge in [0.15, 0.2) is 0 Å². The number of hydrogen-bond donors (Lipinski definition) is 0. The number of thiophene rings is 1. The molecule has 0 aliphatic carbocycles. The van der Waals surface area contributed by atoms with E-state index in [2.05, 4.69) is 64.9 Å². The topological polar surface area (TPSA) is 3.24 Å². The molecule has 0 aliphatic rings. The number of para-hydroxylation sites is 1. The molecular weight excluding hydrogens is 322 g/mol. The normalized spacial score (nSPS) is 10.8. The Bertz CT molecular complexity index is 946. The van der Waals surface area contributed by atoms with E-state index in [1.165, 1.54) is 15.8 Å². The fraction of sp³-hybridized carbons (Fsp3) is 0. The molecule has 0 bridgehead atoms. The van der Waals surface area contributed by atoms with Crippen LogP contribution in [0.1, 0.15) is 0 Å². The molecule has 1 aromatic heterocycles. The Labute approximate surface area is 144 Å². The van der Waals surface area contributed by atoms with Crippen molar-refractivity contribution in [3.8, 4) is 0 Å². The predicted molar refractivity (Wildman–Crippen MR) is 102 cm³/mol. The number of halogens is 1. The maximum Gasteiger partial charge on any atom is 0.0647 e. The highest BCUT2D eigenvalue weighted by atomic mass is 35.5. The molecule has 0 saturated heterocycles. The summed E-state index contributed by atoms with van der Waals surface area (Å²) < 4.78 is 1.28. The summed E-state index contributed by atoms with van der Waals surface area (Å²) in [5, 5.41) is 4.20. The third kappa shape index (κ3) is 2.72. The summed E-state index contributed by atoms with van der Waals surface area (Å²) in [6.07, 6.45) is 0. The van der Waals surface area contributed by atoms with E-state index in [1.807, 2.05) is 24.3 Å². The minimum absolute atomic E-state index is 0.739. The summed E-state index contributed by atoms with van der Waals surface area (Å²) >= 11 is 7.99. The minimum atomic E-state index is 0.739. The van der Waals surface area contributed by atoms with Crippen molar-refractivity contribution in [2.45, 2.75) is 0 Å². The summed E-state index contributed by atoms with van der Waals surface area (Å²) in [5.41, 5.74) is 3.37. The number of rotatable bonds is 3. The van der Waals surface area contributed by atoms with Gasteiger partial charge in [-0.25, -0.2) is 0 Å². The Morgan fingerprint density at radius 3 is 2.30 bits per heavy atom. The lowest BCUT2D eigenvalue weighted by Crippen LogP contribution is -2.09. The summed E-state index contributed by atoms with van der Waals surface area (Å²) in [6, 6.07) is 26.9. The van der Waals surface area contributed by atoms with Gasteiger partial charge in [0.05, 0.1) is 5.69 Å². The smallest absolute Gasteiger partial charge is 0.0647 e. The highest BCUT2D eigenvalue weighted by molar-refractivity contribution is 7.17. The van der Waals surface area contributed by atoms with E-state index in [0.717, 1.165) is 16.4 Å². The van der Waals surface area contributed by atoms with E-state index >= 15 is 0 Å². The van der Waals surface area contributed by atoms with Crippen LogP contribution in [0.3, 0.4) is 0 Å². The Morgan fingerprint density at radius 1 is 0.739 bits per heavy atom. The zero-order valence-corrected chi connectivity index (χ0v) is 13.9. The molecule has 0 N–H and O–H groups in total. The van der Waals surface area contributed by atoms with Gasteiger partial charge in [-0.15, -0.1) is 11.3 Å². The van der Waals surface area contributed by atoms with Crippen molar-refractivity contribution in [1.29, 1.82) is 0 Å². The third-order valence-corrected chi connectivity index (χ3v) is 4.97. The fourth-order valence-corrected chi connectivity index (χ4v) is 3.87. The molecule has 112 valence electrons. The molecular formula is C20H14ClNS.